The molecular formula is C18H21NO3S2. The van der Waals surface area contributed by atoms with Crippen molar-refractivity contribution >= 4 is 27.1 Å². The molecule has 6 heteroatoms. The molecule has 1 aromatic carbocycles. The van der Waals surface area contributed by atoms with Gasteiger partial charge in [-0.3, -0.25) is 4.79 Å². The summed E-state index contributed by atoms with van der Waals surface area (Å²) in [5.74, 6) is -0.0646. The van der Waals surface area contributed by atoms with Gasteiger partial charge < -0.3 is 0 Å². The Morgan fingerprint density at radius 1 is 1.17 bits per heavy atom. The summed E-state index contributed by atoms with van der Waals surface area (Å²) in [5.41, 5.74) is 0.527. The minimum Gasteiger partial charge on any atom is -0.295 e. The smallest absolute Gasteiger partial charge is 0.243 e. The number of Topliss-reactive ketones (excluding diaryl/α,β-unsaturated/α-hetero) is 1. The summed E-state index contributed by atoms with van der Waals surface area (Å²) in [5, 5.41) is 1.97. The molecule has 1 aromatic heterocycles. The highest BCUT2D eigenvalue weighted by molar-refractivity contribution is 7.89. The summed E-state index contributed by atoms with van der Waals surface area (Å²) in [6.45, 7) is 1.89. The maximum absolute atomic E-state index is 13.2. The van der Waals surface area contributed by atoms with Gasteiger partial charge in [0.1, 0.15) is 0 Å². The van der Waals surface area contributed by atoms with Gasteiger partial charge in [-0.15, -0.1) is 11.3 Å². The van der Waals surface area contributed by atoms with E-state index in [1.807, 2.05) is 17.5 Å². The summed E-state index contributed by atoms with van der Waals surface area (Å²) >= 11 is 1.58. The lowest BCUT2D eigenvalue weighted by Gasteiger charge is -2.27. The van der Waals surface area contributed by atoms with Gasteiger partial charge >= 0.3 is 0 Å². The fourth-order valence-corrected chi connectivity index (χ4v) is 5.60. The second-order valence-electron chi connectivity index (χ2n) is 6.15. The van der Waals surface area contributed by atoms with Gasteiger partial charge in [-0.1, -0.05) is 31.0 Å². The van der Waals surface area contributed by atoms with Gasteiger partial charge in [0.05, 0.1) is 4.90 Å². The lowest BCUT2D eigenvalue weighted by Crippen LogP contribution is -2.38. The number of hydrogen-bond donors (Lipinski definition) is 0. The van der Waals surface area contributed by atoms with E-state index in [4.69, 9.17) is 0 Å². The molecule has 24 heavy (non-hydrogen) atoms. The minimum atomic E-state index is -3.57. The van der Waals surface area contributed by atoms with Crippen LogP contribution in [0.2, 0.25) is 0 Å². The number of nitrogens with zero attached hydrogens (tertiary/aromatic N) is 1. The minimum absolute atomic E-state index is 0.0598. The Bertz CT molecular complexity index is 789. The van der Waals surface area contributed by atoms with Gasteiger partial charge in [0.25, 0.3) is 0 Å². The van der Waals surface area contributed by atoms with Gasteiger partial charge in [0.2, 0.25) is 10.0 Å². The molecule has 2 aromatic rings. The maximum Gasteiger partial charge on any atom is 0.243 e. The van der Waals surface area contributed by atoms with E-state index in [0.717, 1.165) is 30.6 Å². The Hall–Kier alpha value is -1.50. The Balaban J connectivity index is 1.93. The molecule has 1 fully saturated rings. The second-order valence-corrected chi connectivity index (χ2v) is 9.07. The summed E-state index contributed by atoms with van der Waals surface area (Å²) < 4.78 is 28.0. The first-order valence-electron chi connectivity index (χ1n) is 8.14. The highest BCUT2D eigenvalue weighted by Gasteiger charge is 2.33. The van der Waals surface area contributed by atoms with Gasteiger partial charge in [-0.25, -0.2) is 8.42 Å². The number of benzene rings is 1. The van der Waals surface area contributed by atoms with Crippen LogP contribution >= 0.6 is 11.3 Å². The zero-order valence-electron chi connectivity index (χ0n) is 13.6. The van der Waals surface area contributed by atoms with Crippen LogP contribution in [0.5, 0.6) is 0 Å². The number of carbonyl (C=O) groups is 1. The predicted molar refractivity (Wildman–Crippen MR) is 95.8 cm³/mol. The molecule has 0 radical (unpaired) electrons. The van der Waals surface area contributed by atoms with Crippen LogP contribution in [0, 0.1) is 0 Å². The maximum atomic E-state index is 13.2. The van der Waals surface area contributed by atoms with Crippen LogP contribution in [0.4, 0.5) is 0 Å². The molecule has 128 valence electrons. The molecule has 3 rings (SSSR count). The third-order valence-electron chi connectivity index (χ3n) is 4.49. The van der Waals surface area contributed by atoms with E-state index in [1.54, 1.807) is 39.9 Å². The standard InChI is InChI=1S/C18H21NO3S2/c1-14(20)15-8-10-18(11-9-15)24(21,22)19(16-5-2-3-6-16)13-17-7-4-12-23-17/h4,7-12,16H,2-3,5-6,13H2,1H3. The summed E-state index contributed by atoms with van der Waals surface area (Å²) in [6, 6.07) is 10.2. The molecular weight excluding hydrogens is 342 g/mol. The summed E-state index contributed by atoms with van der Waals surface area (Å²) in [4.78, 5) is 12.7. The molecule has 1 aliphatic carbocycles. The number of sulfonamides is 1. The van der Waals surface area contributed by atoms with Crippen molar-refractivity contribution in [2.24, 2.45) is 0 Å². The first-order chi connectivity index (χ1) is 11.5. The Kier molecular flexibility index (Phi) is 5.18. The van der Waals surface area contributed by atoms with Gasteiger partial charge in [0.15, 0.2) is 5.78 Å². The molecule has 0 saturated heterocycles. The topological polar surface area (TPSA) is 54.5 Å². The normalized spacial score (nSPS) is 15.9. The van der Waals surface area contributed by atoms with E-state index < -0.39 is 10.0 Å². The molecule has 1 heterocycles. The van der Waals surface area contributed by atoms with Crippen molar-refractivity contribution in [1.29, 1.82) is 0 Å². The van der Waals surface area contributed by atoms with Crippen LogP contribution in [-0.2, 0) is 16.6 Å². The number of thiophene rings is 1. The molecule has 1 aliphatic rings. The number of rotatable bonds is 6. The van der Waals surface area contributed by atoms with E-state index in [-0.39, 0.29) is 16.7 Å². The molecule has 0 N–H and O–H groups in total. The highest BCUT2D eigenvalue weighted by Crippen LogP contribution is 2.31. The average molecular weight is 364 g/mol. The predicted octanol–water partition coefficient (Wildman–Crippen LogP) is 4.08. The van der Waals surface area contributed by atoms with E-state index in [2.05, 4.69) is 0 Å². The van der Waals surface area contributed by atoms with Crippen LogP contribution in [0.1, 0.15) is 47.8 Å². The van der Waals surface area contributed by atoms with Crippen molar-refractivity contribution in [3.63, 3.8) is 0 Å². The second kappa shape index (κ2) is 7.17. The van der Waals surface area contributed by atoms with Gasteiger partial charge in [-0.05, 0) is 43.3 Å². The van der Waals surface area contributed by atoms with E-state index in [0.29, 0.717) is 12.1 Å². The van der Waals surface area contributed by atoms with E-state index in [1.165, 1.54) is 6.92 Å². The van der Waals surface area contributed by atoms with E-state index in [9.17, 15) is 13.2 Å². The Morgan fingerprint density at radius 2 is 1.83 bits per heavy atom. The zero-order valence-corrected chi connectivity index (χ0v) is 15.3. The van der Waals surface area contributed by atoms with Crippen LogP contribution in [0.15, 0.2) is 46.7 Å². The van der Waals surface area contributed by atoms with Crippen LogP contribution in [-0.4, -0.2) is 24.5 Å². The lowest BCUT2D eigenvalue weighted by molar-refractivity contribution is 0.101. The number of hydrogen-bond acceptors (Lipinski definition) is 4. The molecule has 0 bridgehead atoms. The highest BCUT2D eigenvalue weighted by atomic mass is 32.2. The molecule has 0 aliphatic heterocycles. The lowest BCUT2D eigenvalue weighted by atomic mass is 10.2. The quantitative estimate of drug-likeness (QED) is 0.727. The fraction of sp³-hybridized carbons (Fsp3) is 0.389. The van der Waals surface area contributed by atoms with Crippen molar-refractivity contribution in [3.05, 3.63) is 52.2 Å². The molecule has 1 saturated carbocycles. The van der Waals surface area contributed by atoms with Crippen molar-refractivity contribution in [2.75, 3.05) is 0 Å². The molecule has 0 spiro atoms. The third kappa shape index (κ3) is 3.61. The van der Waals surface area contributed by atoms with Crippen molar-refractivity contribution in [3.8, 4) is 0 Å². The number of carbonyl (C=O) groups excluding carboxylic acids is 1. The molecule has 0 unspecified atom stereocenters. The Labute approximate surface area is 147 Å². The average Bonchev–Trinajstić information content (AvgIpc) is 3.26. The first-order valence-corrected chi connectivity index (χ1v) is 10.5. The van der Waals surface area contributed by atoms with Crippen molar-refractivity contribution in [2.45, 2.75) is 50.1 Å². The summed E-state index contributed by atoms with van der Waals surface area (Å²) in [7, 11) is -3.57. The van der Waals surface area contributed by atoms with Crippen LogP contribution < -0.4 is 0 Å². The molecule has 0 amide bonds. The largest absolute Gasteiger partial charge is 0.295 e. The SMILES string of the molecule is CC(=O)c1ccc(S(=O)(=O)N(Cc2cccs2)C2CCCC2)cc1. The first kappa shape index (κ1) is 17.3. The van der Waals surface area contributed by atoms with Gasteiger partial charge in [-0.2, -0.15) is 4.31 Å². The fourth-order valence-electron chi connectivity index (χ4n) is 3.16. The van der Waals surface area contributed by atoms with Crippen LogP contribution in [0.25, 0.3) is 0 Å². The number of ketones is 1. The van der Waals surface area contributed by atoms with Gasteiger partial charge in [0, 0.05) is 23.0 Å². The monoisotopic (exact) mass is 363 g/mol. The van der Waals surface area contributed by atoms with Crippen LogP contribution in [0.3, 0.4) is 0 Å². The van der Waals surface area contributed by atoms with Crippen molar-refractivity contribution in [1.82, 2.24) is 4.31 Å². The van der Waals surface area contributed by atoms with Crippen molar-refractivity contribution < 1.29 is 13.2 Å². The third-order valence-corrected chi connectivity index (χ3v) is 7.26. The Morgan fingerprint density at radius 3 is 2.38 bits per heavy atom. The van der Waals surface area contributed by atoms with E-state index >= 15 is 0 Å². The molecule has 0 atom stereocenters. The molecule has 4 nitrogen and oxygen atoms in total. The summed E-state index contributed by atoms with van der Waals surface area (Å²) in [6.07, 6.45) is 3.97. The zero-order chi connectivity index (χ0) is 17.2.